The van der Waals surface area contributed by atoms with Gasteiger partial charge in [0.15, 0.2) is 0 Å². The van der Waals surface area contributed by atoms with Crippen molar-refractivity contribution in [3.8, 4) is 0 Å². The number of rotatable bonds is 4. The molecule has 2 amide bonds. The fourth-order valence-electron chi connectivity index (χ4n) is 4.38. The van der Waals surface area contributed by atoms with Crippen molar-refractivity contribution < 1.29 is 14.3 Å². The Morgan fingerprint density at radius 2 is 1.69 bits per heavy atom. The quantitative estimate of drug-likeness (QED) is 0.847. The van der Waals surface area contributed by atoms with Gasteiger partial charge in [0.05, 0.1) is 25.2 Å². The average molecular weight is 399 g/mol. The van der Waals surface area contributed by atoms with Gasteiger partial charge in [0.2, 0.25) is 11.8 Å². The molecule has 4 rings (SSSR count). The smallest absolute Gasteiger partial charge is 0.236 e. The number of fused-ring (bicyclic) bond motifs is 1. The zero-order valence-electron chi connectivity index (χ0n) is 17.3. The van der Waals surface area contributed by atoms with Crippen molar-refractivity contribution in [1.82, 2.24) is 19.7 Å². The summed E-state index contributed by atoms with van der Waals surface area (Å²) in [7, 11) is 0. The van der Waals surface area contributed by atoms with E-state index >= 15 is 0 Å². The SMILES string of the molecule is CC1CN(C(=O)CN2CCN(C(=O)Cc3c[nH]c4ccccc34)CC2)CC(C)O1. The first-order valence-corrected chi connectivity index (χ1v) is 10.5. The summed E-state index contributed by atoms with van der Waals surface area (Å²) >= 11 is 0. The molecule has 1 aromatic heterocycles. The molecule has 2 atom stereocenters. The molecular weight excluding hydrogens is 368 g/mol. The van der Waals surface area contributed by atoms with Crippen LogP contribution in [-0.4, -0.2) is 89.5 Å². The van der Waals surface area contributed by atoms with Gasteiger partial charge < -0.3 is 19.5 Å². The summed E-state index contributed by atoms with van der Waals surface area (Å²) in [5.74, 6) is 0.308. The third-order valence-corrected chi connectivity index (χ3v) is 5.87. The molecule has 29 heavy (non-hydrogen) atoms. The third-order valence-electron chi connectivity index (χ3n) is 5.87. The summed E-state index contributed by atoms with van der Waals surface area (Å²) in [6.45, 7) is 8.57. The van der Waals surface area contributed by atoms with Gasteiger partial charge in [0.1, 0.15) is 0 Å². The van der Waals surface area contributed by atoms with Crippen molar-refractivity contribution in [2.75, 3.05) is 45.8 Å². The number of carbonyl (C=O) groups is 2. The molecular formula is C22H30N4O3. The van der Waals surface area contributed by atoms with E-state index in [1.165, 1.54) is 0 Å². The second-order valence-corrected chi connectivity index (χ2v) is 8.25. The lowest BCUT2D eigenvalue weighted by Crippen LogP contribution is -2.54. The Labute approximate surface area is 171 Å². The normalized spacial score (nSPS) is 23.5. The Morgan fingerprint density at radius 3 is 2.41 bits per heavy atom. The number of carbonyl (C=O) groups excluding carboxylic acids is 2. The first-order valence-electron chi connectivity index (χ1n) is 10.5. The van der Waals surface area contributed by atoms with Gasteiger partial charge in [0, 0.05) is 56.4 Å². The molecule has 0 radical (unpaired) electrons. The predicted molar refractivity (Wildman–Crippen MR) is 112 cm³/mol. The predicted octanol–water partition coefficient (Wildman–Crippen LogP) is 1.49. The summed E-state index contributed by atoms with van der Waals surface area (Å²) in [5, 5.41) is 1.11. The number of para-hydroxylation sites is 1. The highest BCUT2D eigenvalue weighted by atomic mass is 16.5. The summed E-state index contributed by atoms with van der Waals surface area (Å²) in [5.41, 5.74) is 2.10. The fraction of sp³-hybridized carbons (Fsp3) is 0.545. The van der Waals surface area contributed by atoms with E-state index in [0.29, 0.717) is 39.1 Å². The maximum absolute atomic E-state index is 12.8. The molecule has 2 aromatic rings. The molecule has 2 aliphatic rings. The van der Waals surface area contributed by atoms with Gasteiger partial charge in [-0.3, -0.25) is 14.5 Å². The number of aromatic amines is 1. The number of H-pyrrole nitrogens is 1. The lowest BCUT2D eigenvalue weighted by molar-refractivity contribution is -0.145. The summed E-state index contributed by atoms with van der Waals surface area (Å²) in [6.07, 6.45) is 2.51. The molecule has 0 aliphatic carbocycles. The number of nitrogens with one attached hydrogen (secondary N) is 1. The molecule has 0 spiro atoms. The summed E-state index contributed by atoms with van der Waals surface area (Å²) in [4.78, 5) is 34.6. The van der Waals surface area contributed by atoms with Gasteiger partial charge >= 0.3 is 0 Å². The minimum absolute atomic E-state index is 0.0849. The summed E-state index contributed by atoms with van der Waals surface area (Å²) < 4.78 is 5.71. The van der Waals surface area contributed by atoms with Crippen molar-refractivity contribution in [3.63, 3.8) is 0 Å². The van der Waals surface area contributed by atoms with Gasteiger partial charge in [0.25, 0.3) is 0 Å². The van der Waals surface area contributed by atoms with Crippen LogP contribution in [0.15, 0.2) is 30.5 Å². The van der Waals surface area contributed by atoms with E-state index in [0.717, 1.165) is 29.6 Å². The molecule has 0 bridgehead atoms. The van der Waals surface area contributed by atoms with Gasteiger partial charge in [-0.1, -0.05) is 18.2 Å². The Kier molecular flexibility index (Phi) is 5.87. The lowest BCUT2D eigenvalue weighted by atomic mass is 10.1. The number of hydrogen-bond acceptors (Lipinski definition) is 4. The standard InChI is InChI=1S/C22H30N4O3/c1-16-13-26(14-17(2)29-16)22(28)15-24-7-9-25(10-8-24)21(27)11-18-12-23-20-6-4-3-5-19(18)20/h3-6,12,16-17,23H,7-11,13-15H2,1-2H3. The highest BCUT2D eigenvalue weighted by molar-refractivity contribution is 5.89. The minimum atomic E-state index is 0.0849. The minimum Gasteiger partial charge on any atom is -0.372 e. The molecule has 3 heterocycles. The zero-order chi connectivity index (χ0) is 20.4. The van der Waals surface area contributed by atoms with E-state index in [9.17, 15) is 9.59 Å². The first kappa shape index (κ1) is 19.9. The molecule has 7 nitrogen and oxygen atoms in total. The average Bonchev–Trinajstić information content (AvgIpc) is 3.11. The van der Waals surface area contributed by atoms with Crippen molar-refractivity contribution >= 4 is 22.7 Å². The summed E-state index contributed by atoms with van der Waals surface area (Å²) in [6, 6.07) is 8.06. The fourth-order valence-corrected chi connectivity index (χ4v) is 4.38. The molecule has 1 aromatic carbocycles. The third kappa shape index (κ3) is 4.62. The maximum Gasteiger partial charge on any atom is 0.236 e. The Hall–Kier alpha value is -2.38. The number of nitrogens with zero attached hydrogens (tertiary/aromatic N) is 3. The van der Waals surface area contributed by atoms with Crippen LogP contribution in [0.4, 0.5) is 0 Å². The van der Waals surface area contributed by atoms with E-state index in [1.54, 1.807) is 0 Å². The molecule has 2 fully saturated rings. The molecule has 7 heteroatoms. The van der Waals surface area contributed by atoms with Gasteiger partial charge in [-0.15, -0.1) is 0 Å². The second-order valence-electron chi connectivity index (χ2n) is 8.25. The van der Waals surface area contributed by atoms with Crippen molar-refractivity contribution in [2.45, 2.75) is 32.5 Å². The Balaban J connectivity index is 1.27. The Bertz CT molecular complexity index is 862. The van der Waals surface area contributed by atoms with Crippen LogP contribution in [0.2, 0.25) is 0 Å². The van der Waals surface area contributed by atoms with Crippen LogP contribution in [0, 0.1) is 0 Å². The van der Waals surface area contributed by atoms with Crippen LogP contribution in [0.25, 0.3) is 10.9 Å². The first-order chi connectivity index (χ1) is 14.0. The topological polar surface area (TPSA) is 68.9 Å². The highest BCUT2D eigenvalue weighted by Gasteiger charge is 2.28. The van der Waals surface area contributed by atoms with Crippen LogP contribution in [0.5, 0.6) is 0 Å². The van der Waals surface area contributed by atoms with Crippen LogP contribution in [0.3, 0.4) is 0 Å². The van der Waals surface area contributed by atoms with Gasteiger partial charge in [-0.2, -0.15) is 0 Å². The van der Waals surface area contributed by atoms with Crippen molar-refractivity contribution in [2.24, 2.45) is 0 Å². The van der Waals surface area contributed by atoms with E-state index in [4.69, 9.17) is 4.74 Å². The molecule has 156 valence electrons. The highest BCUT2D eigenvalue weighted by Crippen LogP contribution is 2.19. The molecule has 1 N–H and O–H groups in total. The van der Waals surface area contributed by atoms with Gasteiger partial charge in [-0.25, -0.2) is 0 Å². The number of ether oxygens (including phenoxy) is 1. The maximum atomic E-state index is 12.8. The molecule has 2 aliphatic heterocycles. The monoisotopic (exact) mass is 398 g/mol. The largest absolute Gasteiger partial charge is 0.372 e. The Morgan fingerprint density at radius 1 is 1.00 bits per heavy atom. The number of aromatic nitrogens is 1. The number of amides is 2. The lowest BCUT2D eigenvalue weighted by Gasteiger charge is -2.38. The molecule has 0 saturated carbocycles. The van der Waals surface area contributed by atoms with Crippen molar-refractivity contribution in [3.05, 3.63) is 36.0 Å². The van der Waals surface area contributed by atoms with E-state index in [1.807, 2.05) is 54.1 Å². The van der Waals surface area contributed by atoms with Crippen molar-refractivity contribution in [1.29, 1.82) is 0 Å². The van der Waals surface area contributed by atoms with E-state index in [2.05, 4.69) is 9.88 Å². The number of morpholine rings is 1. The van der Waals surface area contributed by atoms with Crippen LogP contribution in [-0.2, 0) is 20.7 Å². The van der Waals surface area contributed by atoms with Gasteiger partial charge in [-0.05, 0) is 25.5 Å². The molecule has 2 unspecified atom stereocenters. The second kappa shape index (κ2) is 8.55. The van der Waals surface area contributed by atoms with Crippen LogP contribution < -0.4 is 0 Å². The van der Waals surface area contributed by atoms with Crippen LogP contribution >= 0.6 is 0 Å². The number of benzene rings is 1. The van der Waals surface area contributed by atoms with E-state index < -0.39 is 0 Å². The zero-order valence-corrected chi connectivity index (χ0v) is 17.3. The number of hydrogen-bond donors (Lipinski definition) is 1. The van der Waals surface area contributed by atoms with Crippen LogP contribution in [0.1, 0.15) is 19.4 Å². The molecule has 2 saturated heterocycles. The number of piperazine rings is 1. The van der Waals surface area contributed by atoms with E-state index in [-0.39, 0.29) is 24.0 Å².